The summed E-state index contributed by atoms with van der Waals surface area (Å²) in [5.41, 5.74) is 0.472. The molecule has 0 radical (unpaired) electrons. The maximum atomic E-state index is 12.4. The number of hydrogen-bond acceptors (Lipinski definition) is 6. The number of ether oxygens (including phenoxy) is 2. The van der Waals surface area contributed by atoms with E-state index >= 15 is 0 Å². The smallest absolute Gasteiger partial charge is 0.480 e. The summed E-state index contributed by atoms with van der Waals surface area (Å²) in [7, 11) is -3.14. The number of alkyl halides is 3. The summed E-state index contributed by atoms with van der Waals surface area (Å²) in [6.45, 7) is 0. The Morgan fingerprint density at radius 1 is 1.26 bits per heavy atom. The van der Waals surface area contributed by atoms with Crippen LogP contribution in [0.15, 0.2) is 35.6 Å². The Kier molecular flexibility index (Phi) is 4.43. The fourth-order valence-electron chi connectivity index (χ4n) is 1.79. The minimum atomic E-state index is -5.06. The van der Waals surface area contributed by atoms with Crippen LogP contribution in [0.1, 0.15) is 0 Å². The molecule has 11 heteroatoms. The lowest BCUT2D eigenvalue weighted by Crippen LogP contribution is -2.21. The molecule has 0 aliphatic carbocycles. The number of rotatable bonds is 4. The monoisotopic (exact) mass is 349 g/mol. The van der Waals surface area contributed by atoms with E-state index in [0.29, 0.717) is 0 Å². The van der Waals surface area contributed by atoms with Gasteiger partial charge in [-0.15, -0.1) is 13.2 Å². The molecule has 0 aliphatic heterocycles. The van der Waals surface area contributed by atoms with E-state index in [9.17, 15) is 21.6 Å². The van der Waals surface area contributed by atoms with Crippen molar-refractivity contribution in [1.29, 1.82) is 0 Å². The molecule has 2 rings (SSSR count). The lowest BCUT2D eigenvalue weighted by molar-refractivity contribution is -0.275. The van der Waals surface area contributed by atoms with Crippen LogP contribution in [0.2, 0.25) is 0 Å². The molecular weight excluding hydrogens is 339 g/mol. The van der Waals surface area contributed by atoms with Crippen molar-refractivity contribution in [3.63, 3.8) is 0 Å². The topological polar surface area (TPSA) is 104 Å². The van der Waals surface area contributed by atoms with Gasteiger partial charge in [0.2, 0.25) is 15.9 Å². The molecule has 0 spiro atoms. The molecule has 0 unspecified atom stereocenters. The summed E-state index contributed by atoms with van der Waals surface area (Å²) in [4.78, 5) is 6.76. The van der Waals surface area contributed by atoms with Crippen LogP contribution in [0, 0.1) is 0 Å². The minimum absolute atomic E-state index is 0.116. The fraction of sp³-hybridized carbons (Fsp3) is 0.167. The Hall–Kier alpha value is -2.40. The SMILES string of the molecule is COc1ncncc1-c1ccc(OC(F)(F)F)c(S(N)(=O)=O)c1. The van der Waals surface area contributed by atoms with Gasteiger partial charge in [-0.1, -0.05) is 6.07 Å². The molecule has 0 aliphatic rings. The summed E-state index contributed by atoms with van der Waals surface area (Å²) in [5, 5.41) is 4.96. The Morgan fingerprint density at radius 2 is 1.96 bits per heavy atom. The number of benzene rings is 1. The molecular formula is C12H10F3N3O4S. The first-order chi connectivity index (χ1) is 10.6. The fourth-order valence-corrected chi connectivity index (χ4v) is 2.47. The number of nitrogens with two attached hydrogens (primary N) is 1. The molecule has 0 saturated heterocycles. The van der Waals surface area contributed by atoms with Crippen molar-refractivity contribution in [2.45, 2.75) is 11.3 Å². The highest BCUT2D eigenvalue weighted by molar-refractivity contribution is 7.89. The van der Waals surface area contributed by atoms with Gasteiger partial charge in [-0.3, -0.25) is 0 Å². The maximum absolute atomic E-state index is 12.4. The lowest BCUT2D eigenvalue weighted by Gasteiger charge is -2.14. The third-order valence-corrected chi connectivity index (χ3v) is 3.59. The number of halogens is 3. The van der Waals surface area contributed by atoms with E-state index in [1.807, 2.05) is 0 Å². The van der Waals surface area contributed by atoms with Gasteiger partial charge >= 0.3 is 6.36 Å². The summed E-state index contributed by atoms with van der Waals surface area (Å²) in [6.07, 6.45) is -2.54. The predicted octanol–water partition coefficient (Wildman–Crippen LogP) is 1.70. The molecule has 0 saturated carbocycles. The Morgan fingerprint density at radius 3 is 2.52 bits per heavy atom. The van der Waals surface area contributed by atoms with Gasteiger partial charge in [-0.05, 0) is 17.7 Å². The molecule has 1 aromatic carbocycles. The largest absolute Gasteiger partial charge is 0.573 e. The van der Waals surface area contributed by atoms with Crippen LogP contribution < -0.4 is 14.6 Å². The zero-order valence-electron chi connectivity index (χ0n) is 11.5. The quantitative estimate of drug-likeness (QED) is 0.901. The number of sulfonamides is 1. The van der Waals surface area contributed by atoms with Gasteiger partial charge in [-0.2, -0.15) is 0 Å². The van der Waals surface area contributed by atoms with E-state index in [2.05, 4.69) is 14.7 Å². The molecule has 0 amide bonds. The van der Waals surface area contributed by atoms with Crippen LogP contribution in [0.25, 0.3) is 11.1 Å². The van der Waals surface area contributed by atoms with Crippen molar-refractivity contribution >= 4 is 10.0 Å². The third kappa shape index (κ3) is 4.07. The number of methoxy groups -OCH3 is 1. The van der Waals surface area contributed by atoms with Gasteiger partial charge in [0.25, 0.3) is 0 Å². The molecule has 2 N–H and O–H groups in total. The normalized spacial score (nSPS) is 12.0. The Bertz CT molecular complexity index is 825. The Labute approximate surface area is 128 Å². The highest BCUT2D eigenvalue weighted by Gasteiger charge is 2.33. The number of aromatic nitrogens is 2. The number of nitrogens with zero attached hydrogens (tertiary/aromatic N) is 2. The average molecular weight is 349 g/mol. The van der Waals surface area contributed by atoms with E-state index < -0.39 is 27.0 Å². The van der Waals surface area contributed by atoms with E-state index in [1.165, 1.54) is 25.7 Å². The van der Waals surface area contributed by atoms with Crippen molar-refractivity contribution < 1.29 is 31.1 Å². The number of hydrogen-bond donors (Lipinski definition) is 1. The van der Waals surface area contributed by atoms with E-state index in [-0.39, 0.29) is 17.0 Å². The number of primary sulfonamides is 1. The molecule has 1 heterocycles. The molecule has 0 bridgehead atoms. The molecule has 0 fully saturated rings. The molecule has 23 heavy (non-hydrogen) atoms. The van der Waals surface area contributed by atoms with Crippen LogP contribution in [-0.2, 0) is 10.0 Å². The second kappa shape index (κ2) is 6.01. The summed E-state index contributed by atoms with van der Waals surface area (Å²) in [6, 6.07) is 2.98. The van der Waals surface area contributed by atoms with Crippen molar-refractivity contribution in [2.75, 3.05) is 7.11 Å². The maximum Gasteiger partial charge on any atom is 0.573 e. The van der Waals surface area contributed by atoms with Crippen LogP contribution >= 0.6 is 0 Å². The predicted molar refractivity (Wildman–Crippen MR) is 72.1 cm³/mol. The van der Waals surface area contributed by atoms with E-state index in [0.717, 1.165) is 12.1 Å². The Balaban J connectivity index is 2.62. The summed E-state index contributed by atoms with van der Waals surface area (Å²) >= 11 is 0. The van der Waals surface area contributed by atoms with Gasteiger partial charge < -0.3 is 9.47 Å². The van der Waals surface area contributed by atoms with E-state index in [4.69, 9.17) is 9.88 Å². The van der Waals surface area contributed by atoms with Crippen LogP contribution in [-0.4, -0.2) is 31.9 Å². The van der Waals surface area contributed by atoms with Gasteiger partial charge in [0.05, 0.1) is 12.7 Å². The summed E-state index contributed by atoms with van der Waals surface area (Å²) < 4.78 is 68.8. The molecule has 124 valence electrons. The first-order valence-corrected chi connectivity index (χ1v) is 7.43. The van der Waals surface area contributed by atoms with E-state index in [1.54, 1.807) is 0 Å². The molecule has 7 nitrogen and oxygen atoms in total. The second-order valence-corrected chi connectivity index (χ2v) is 5.73. The highest BCUT2D eigenvalue weighted by atomic mass is 32.2. The average Bonchev–Trinajstić information content (AvgIpc) is 2.45. The van der Waals surface area contributed by atoms with Gasteiger partial charge in [0.1, 0.15) is 17.0 Å². The molecule has 2 aromatic rings. The first kappa shape index (κ1) is 17.0. The second-order valence-electron chi connectivity index (χ2n) is 4.20. The zero-order valence-corrected chi connectivity index (χ0v) is 12.4. The van der Waals surface area contributed by atoms with Crippen molar-refractivity contribution in [2.24, 2.45) is 5.14 Å². The standard InChI is InChI=1S/C12H10F3N3O4S/c1-21-11-8(5-17-6-18-11)7-2-3-9(22-12(13,14)15)10(4-7)23(16,19)20/h2-6H,1H3,(H2,16,19,20). The third-order valence-electron chi connectivity index (χ3n) is 2.66. The van der Waals surface area contributed by atoms with Crippen LogP contribution in [0.5, 0.6) is 11.6 Å². The van der Waals surface area contributed by atoms with Crippen molar-refractivity contribution in [3.05, 3.63) is 30.7 Å². The lowest BCUT2D eigenvalue weighted by atomic mass is 10.1. The highest BCUT2D eigenvalue weighted by Crippen LogP contribution is 2.34. The van der Waals surface area contributed by atoms with Crippen molar-refractivity contribution in [3.8, 4) is 22.8 Å². The van der Waals surface area contributed by atoms with Gasteiger partial charge in [0.15, 0.2) is 0 Å². The van der Waals surface area contributed by atoms with Gasteiger partial charge in [0, 0.05) is 6.20 Å². The van der Waals surface area contributed by atoms with Gasteiger partial charge in [-0.25, -0.2) is 23.5 Å². The van der Waals surface area contributed by atoms with Crippen LogP contribution in [0.3, 0.4) is 0 Å². The molecule has 1 aromatic heterocycles. The minimum Gasteiger partial charge on any atom is -0.480 e. The van der Waals surface area contributed by atoms with Crippen LogP contribution in [0.4, 0.5) is 13.2 Å². The zero-order chi connectivity index (χ0) is 17.3. The summed E-state index contributed by atoms with van der Waals surface area (Å²) in [5.74, 6) is -0.815. The van der Waals surface area contributed by atoms with Crippen molar-refractivity contribution in [1.82, 2.24) is 9.97 Å². The molecule has 0 atom stereocenters. The first-order valence-electron chi connectivity index (χ1n) is 5.89.